The Morgan fingerprint density at radius 1 is 1.53 bits per heavy atom. The number of hydrogen-bond donors (Lipinski definition) is 1. The van der Waals surface area contributed by atoms with Crippen LogP contribution >= 0.6 is 11.8 Å². The van der Waals surface area contributed by atoms with Crippen LogP contribution in [0.4, 0.5) is 0 Å². The molecule has 0 spiro atoms. The summed E-state index contributed by atoms with van der Waals surface area (Å²) in [6.07, 6.45) is 5.68. The average molecular weight is 256 g/mol. The van der Waals surface area contributed by atoms with E-state index in [0.29, 0.717) is 11.2 Å². The van der Waals surface area contributed by atoms with E-state index < -0.39 is 0 Å². The molecule has 0 aliphatic heterocycles. The minimum atomic E-state index is -0.0427. The van der Waals surface area contributed by atoms with Crippen LogP contribution in [0.25, 0.3) is 0 Å². The van der Waals surface area contributed by atoms with Crippen LogP contribution in [0.1, 0.15) is 46.5 Å². The van der Waals surface area contributed by atoms with Crippen molar-refractivity contribution in [2.45, 2.75) is 51.7 Å². The predicted octanol–water partition coefficient (Wildman–Crippen LogP) is 3.97. The zero-order valence-electron chi connectivity index (χ0n) is 11.1. The minimum Gasteiger partial charge on any atom is -0.505 e. The molecule has 0 heterocycles. The Morgan fingerprint density at radius 2 is 2.24 bits per heavy atom. The molecule has 0 radical (unpaired) electrons. The van der Waals surface area contributed by atoms with Crippen molar-refractivity contribution in [3.05, 3.63) is 11.8 Å². The van der Waals surface area contributed by atoms with E-state index in [-0.39, 0.29) is 17.5 Å². The monoisotopic (exact) mass is 256 g/mol. The summed E-state index contributed by atoms with van der Waals surface area (Å²) in [6.45, 7) is 6.48. The number of aliphatic hydroxyl groups excluding tert-OH is 1. The molecule has 0 fully saturated rings. The maximum atomic E-state index is 11.7. The number of carbonyl (C=O) groups excluding carboxylic acids is 1. The third-order valence-electron chi connectivity index (χ3n) is 3.33. The molecule has 1 N–H and O–H groups in total. The average Bonchev–Trinajstić information content (AvgIpc) is 2.26. The molecule has 0 aromatic heterocycles. The Balaban J connectivity index is 2.59. The van der Waals surface area contributed by atoms with Crippen LogP contribution in [-0.2, 0) is 4.79 Å². The van der Waals surface area contributed by atoms with Gasteiger partial charge in [0.15, 0.2) is 11.5 Å². The maximum Gasteiger partial charge on any atom is 0.199 e. The number of rotatable bonds is 6. The van der Waals surface area contributed by atoms with E-state index in [9.17, 15) is 9.90 Å². The molecule has 0 aromatic carbocycles. The van der Waals surface area contributed by atoms with E-state index in [1.165, 1.54) is 0 Å². The number of carbonyl (C=O) groups is 1. The lowest BCUT2D eigenvalue weighted by Crippen LogP contribution is -2.26. The van der Waals surface area contributed by atoms with Crippen molar-refractivity contribution in [1.82, 2.24) is 0 Å². The van der Waals surface area contributed by atoms with Crippen molar-refractivity contribution >= 4 is 17.5 Å². The fourth-order valence-corrected chi connectivity index (χ4v) is 3.55. The van der Waals surface area contributed by atoms with Crippen molar-refractivity contribution in [3.8, 4) is 0 Å². The van der Waals surface area contributed by atoms with Crippen LogP contribution in [0.3, 0.4) is 0 Å². The molecular weight excluding hydrogens is 232 g/mol. The van der Waals surface area contributed by atoms with Crippen LogP contribution in [0, 0.1) is 11.8 Å². The normalized spacial score (nSPS) is 26.8. The summed E-state index contributed by atoms with van der Waals surface area (Å²) in [4.78, 5) is 11.7. The topological polar surface area (TPSA) is 37.3 Å². The largest absolute Gasteiger partial charge is 0.505 e. The fourth-order valence-electron chi connectivity index (χ4n) is 2.60. The zero-order chi connectivity index (χ0) is 12.8. The van der Waals surface area contributed by atoms with Crippen LogP contribution in [0.15, 0.2) is 11.8 Å². The molecule has 0 saturated heterocycles. The standard InChI is InChI=1S/C14H24O2S/c1-4-6-12-8-11(7-10(3)17-5-2)9-13(15)14(12)16/h9-12,15H,4-8H2,1-3H3. The van der Waals surface area contributed by atoms with Crippen LogP contribution in [0.5, 0.6) is 0 Å². The molecule has 17 heavy (non-hydrogen) atoms. The first kappa shape index (κ1) is 14.6. The highest BCUT2D eigenvalue weighted by atomic mass is 32.2. The summed E-state index contributed by atoms with van der Waals surface area (Å²) < 4.78 is 0. The first-order valence-electron chi connectivity index (χ1n) is 6.65. The van der Waals surface area contributed by atoms with Gasteiger partial charge in [0.2, 0.25) is 0 Å². The van der Waals surface area contributed by atoms with Gasteiger partial charge in [-0.05, 0) is 37.0 Å². The SMILES string of the molecule is CCCC1CC(CC(C)SCC)C=C(O)C1=O. The Hall–Kier alpha value is -0.440. The molecule has 1 aliphatic carbocycles. The third kappa shape index (κ3) is 4.38. The molecule has 3 unspecified atom stereocenters. The minimum absolute atomic E-state index is 0.00778. The van der Waals surface area contributed by atoms with Crippen molar-refractivity contribution in [2.75, 3.05) is 5.75 Å². The molecule has 1 rings (SSSR count). The second kappa shape index (κ2) is 7.10. The number of allylic oxidation sites excluding steroid dienone is 2. The number of aliphatic hydroxyl groups is 1. The van der Waals surface area contributed by atoms with Gasteiger partial charge >= 0.3 is 0 Å². The van der Waals surface area contributed by atoms with Gasteiger partial charge in [-0.3, -0.25) is 4.79 Å². The van der Waals surface area contributed by atoms with Crippen molar-refractivity contribution in [3.63, 3.8) is 0 Å². The van der Waals surface area contributed by atoms with E-state index in [1.807, 2.05) is 11.8 Å². The van der Waals surface area contributed by atoms with E-state index in [0.717, 1.165) is 31.4 Å². The van der Waals surface area contributed by atoms with Gasteiger partial charge in [-0.15, -0.1) is 0 Å². The Labute approximate surface area is 109 Å². The molecule has 1 aliphatic rings. The molecule has 2 nitrogen and oxygen atoms in total. The summed E-state index contributed by atoms with van der Waals surface area (Å²) in [5, 5.41) is 10.3. The van der Waals surface area contributed by atoms with Crippen molar-refractivity contribution < 1.29 is 9.90 Å². The Bertz CT molecular complexity index is 286. The quantitative estimate of drug-likeness (QED) is 0.781. The molecule has 3 heteroatoms. The molecule has 3 atom stereocenters. The summed E-state index contributed by atoms with van der Waals surface area (Å²) >= 11 is 1.95. The fraction of sp³-hybridized carbons (Fsp3) is 0.786. The van der Waals surface area contributed by atoms with E-state index >= 15 is 0 Å². The highest BCUT2D eigenvalue weighted by Crippen LogP contribution is 2.32. The second-order valence-electron chi connectivity index (χ2n) is 4.90. The smallest absolute Gasteiger partial charge is 0.199 e. The van der Waals surface area contributed by atoms with Crippen LogP contribution in [-0.4, -0.2) is 21.9 Å². The third-order valence-corrected chi connectivity index (χ3v) is 4.42. The molecule has 0 saturated carbocycles. The van der Waals surface area contributed by atoms with E-state index in [2.05, 4.69) is 20.8 Å². The number of Topliss-reactive ketones (excluding diaryl/α,β-unsaturated/α-hetero) is 1. The molecule has 0 bridgehead atoms. The van der Waals surface area contributed by atoms with Crippen molar-refractivity contribution in [2.24, 2.45) is 11.8 Å². The van der Waals surface area contributed by atoms with Crippen LogP contribution < -0.4 is 0 Å². The van der Waals surface area contributed by atoms with E-state index in [4.69, 9.17) is 0 Å². The van der Waals surface area contributed by atoms with Gasteiger partial charge in [-0.25, -0.2) is 0 Å². The number of thioether (sulfide) groups is 1. The van der Waals surface area contributed by atoms with Gasteiger partial charge in [0.1, 0.15) is 0 Å². The number of hydrogen-bond acceptors (Lipinski definition) is 3. The second-order valence-corrected chi connectivity index (χ2v) is 6.61. The summed E-state index contributed by atoms with van der Waals surface area (Å²) in [5.41, 5.74) is 0. The lowest BCUT2D eigenvalue weighted by atomic mass is 9.80. The highest BCUT2D eigenvalue weighted by molar-refractivity contribution is 7.99. The van der Waals surface area contributed by atoms with Crippen LogP contribution in [0.2, 0.25) is 0 Å². The van der Waals surface area contributed by atoms with Crippen molar-refractivity contribution in [1.29, 1.82) is 0 Å². The van der Waals surface area contributed by atoms with Gasteiger partial charge in [-0.1, -0.05) is 27.2 Å². The van der Waals surface area contributed by atoms with Gasteiger partial charge < -0.3 is 5.11 Å². The zero-order valence-corrected chi connectivity index (χ0v) is 11.9. The Morgan fingerprint density at radius 3 is 2.82 bits per heavy atom. The lowest BCUT2D eigenvalue weighted by molar-refractivity contribution is -0.123. The summed E-state index contributed by atoms with van der Waals surface area (Å²) in [5.74, 6) is 1.51. The van der Waals surface area contributed by atoms with Gasteiger partial charge in [0, 0.05) is 11.2 Å². The summed E-state index contributed by atoms with van der Waals surface area (Å²) in [6, 6.07) is 0. The molecule has 98 valence electrons. The van der Waals surface area contributed by atoms with E-state index in [1.54, 1.807) is 6.08 Å². The highest BCUT2D eigenvalue weighted by Gasteiger charge is 2.30. The molecule has 0 aromatic rings. The Kier molecular flexibility index (Phi) is 6.10. The first-order valence-corrected chi connectivity index (χ1v) is 7.69. The first-order chi connectivity index (χ1) is 8.08. The molecule has 0 amide bonds. The van der Waals surface area contributed by atoms with Gasteiger partial charge in [0.25, 0.3) is 0 Å². The lowest BCUT2D eigenvalue weighted by Gasteiger charge is -2.26. The predicted molar refractivity (Wildman–Crippen MR) is 74.4 cm³/mol. The molecular formula is C14H24O2S. The maximum absolute atomic E-state index is 11.7. The van der Waals surface area contributed by atoms with Gasteiger partial charge in [-0.2, -0.15) is 11.8 Å². The summed E-state index contributed by atoms with van der Waals surface area (Å²) in [7, 11) is 0. The number of ketones is 1. The van der Waals surface area contributed by atoms with Gasteiger partial charge in [0.05, 0.1) is 0 Å².